The van der Waals surface area contributed by atoms with Crippen molar-refractivity contribution >= 4 is 36.6 Å². The first-order valence-electron chi connectivity index (χ1n) is 6.97. The molecule has 1 fully saturated rings. The first-order valence-corrected chi connectivity index (χ1v) is 9.72. The molecule has 1 aliphatic rings. The second-order valence-electron chi connectivity index (χ2n) is 5.25. The molecule has 0 saturated carbocycles. The zero-order valence-corrected chi connectivity index (χ0v) is 14.5. The number of hydrogen-bond acceptors (Lipinski definition) is 10. The van der Waals surface area contributed by atoms with E-state index in [0.717, 1.165) is 0 Å². The number of hydrogen-bond donors (Lipinski definition) is 5. The van der Waals surface area contributed by atoms with Gasteiger partial charge in [-0.1, -0.05) is 11.8 Å². The van der Waals surface area contributed by atoms with E-state index in [4.69, 9.17) is 20.3 Å². The fourth-order valence-corrected chi connectivity index (χ4v) is 3.17. The zero-order chi connectivity index (χ0) is 18.4. The molecule has 14 heteroatoms. The lowest BCUT2D eigenvalue weighted by Crippen LogP contribution is -2.33. The van der Waals surface area contributed by atoms with Crippen molar-refractivity contribution in [3.63, 3.8) is 0 Å². The molecule has 0 spiro atoms. The molecule has 1 saturated heterocycles. The topological polar surface area (TPSA) is 186 Å². The van der Waals surface area contributed by atoms with Gasteiger partial charge < -0.3 is 30.5 Å². The lowest BCUT2D eigenvalue weighted by Gasteiger charge is -2.16. The number of aliphatic hydroxyl groups is 2. The van der Waals surface area contributed by atoms with Gasteiger partial charge in [0.1, 0.15) is 23.8 Å². The number of nitrogens with two attached hydrogens (primary N) is 1. The van der Waals surface area contributed by atoms with Crippen LogP contribution in [0.15, 0.2) is 11.5 Å². The Hall–Kier alpha value is -1.31. The summed E-state index contributed by atoms with van der Waals surface area (Å²) in [6.45, 7) is -0.598. The monoisotopic (exact) mass is 393 g/mol. The van der Waals surface area contributed by atoms with Crippen molar-refractivity contribution in [1.82, 2.24) is 19.5 Å². The van der Waals surface area contributed by atoms with Crippen LogP contribution in [-0.2, 0) is 13.8 Å². The van der Waals surface area contributed by atoms with Crippen LogP contribution < -0.4 is 5.73 Å². The van der Waals surface area contributed by atoms with E-state index < -0.39 is 39.0 Å². The number of thioether (sulfide) groups is 1. The summed E-state index contributed by atoms with van der Waals surface area (Å²) < 4.78 is 22.0. The Balaban J connectivity index is 1.90. The number of rotatable bonds is 5. The Labute approximate surface area is 145 Å². The third-order valence-corrected chi connectivity index (χ3v) is 4.66. The number of phosphoric ester groups is 1. The largest absolute Gasteiger partial charge is 0.469 e. The number of fused-ring (bicyclic) bond motifs is 1. The van der Waals surface area contributed by atoms with Crippen LogP contribution in [0.5, 0.6) is 0 Å². The van der Waals surface area contributed by atoms with Gasteiger partial charge in [0.2, 0.25) is 0 Å². The molecule has 25 heavy (non-hydrogen) atoms. The molecule has 0 bridgehead atoms. The molecule has 0 aliphatic carbocycles. The molecule has 3 heterocycles. The van der Waals surface area contributed by atoms with E-state index in [0.29, 0.717) is 16.3 Å². The third kappa shape index (κ3) is 3.64. The lowest BCUT2D eigenvalue weighted by atomic mass is 10.1. The van der Waals surface area contributed by atoms with Gasteiger partial charge in [-0.2, -0.15) is 0 Å². The van der Waals surface area contributed by atoms with Gasteiger partial charge in [0, 0.05) is 0 Å². The molecule has 0 radical (unpaired) electrons. The summed E-state index contributed by atoms with van der Waals surface area (Å²) in [5, 5.41) is 20.7. The number of ether oxygens (including phenoxy) is 1. The van der Waals surface area contributed by atoms with Crippen LogP contribution in [0.1, 0.15) is 6.23 Å². The van der Waals surface area contributed by atoms with Crippen LogP contribution in [0, 0.1) is 0 Å². The van der Waals surface area contributed by atoms with Gasteiger partial charge in [-0.3, -0.25) is 9.09 Å². The summed E-state index contributed by atoms with van der Waals surface area (Å²) in [6.07, 6.45) is -1.96. The normalized spacial score (nSPS) is 27.2. The summed E-state index contributed by atoms with van der Waals surface area (Å²) in [4.78, 5) is 29.9. The first kappa shape index (κ1) is 18.5. The molecule has 2 aromatic heterocycles. The molecular weight excluding hydrogens is 377 g/mol. The molecule has 2 unspecified atom stereocenters. The molecule has 2 aromatic rings. The summed E-state index contributed by atoms with van der Waals surface area (Å²) >= 11 is 1.26. The van der Waals surface area contributed by atoms with Gasteiger partial charge in [0.05, 0.1) is 12.9 Å². The smallest absolute Gasteiger partial charge is 0.387 e. The van der Waals surface area contributed by atoms with Crippen molar-refractivity contribution in [3.05, 3.63) is 6.33 Å². The van der Waals surface area contributed by atoms with E-state index in [9.17, 15) is 14.8 Å². The Bertz CT molecular complexity index is 828. The van der Waals surface area contributed by atoms with Crippen molar-refractivity contribution < 1.29 is 33.8 Å². The second kappa shape index (κ2) is 6.78. The van der Waals surface area contributed by atoms with Crippen molar-refractivity contribution in [1.29, 1.82) is 0 Å². The molecule has 0 aromatic carbocycles. The molecule has 12 nitrogen and oxygen atoms in total. The van der Waals surface area contributed by atoms with Crippen LogP contribution in [0.2, 0.25) is 0 Å². The van der Waals surface area contributed by atoms with Crippen molar-refractivity contribution in [2.24, 2.45) is 0 Å². The highest BCUT2D eigenvalue weighted by atomic mass is 32.2. The highest BCUT2D eigenvalue weighted by molar-refractivity contribution is 7.98. The fraction of sp³-hybridized carbons (Fsp3) is 0.545. The minimum Gasteiger partial charge on any atom is -0.387 e. The molecule has 3 rings (SSSR count). The number of phosphoric acid groups is 1. The van der Waals surface area contributed by atoms with Crippen LogP contribution in [0.25, 0.3) is 11.2 Å². The number of aromatic nitrogens is 4. The number of nitrogen functional groups attached to an aromatic ring is 1. The molecular formula is C11H16N5O7PS. The van der Waals surface area contributed by atoms with E-state index in [1.54, 1.807) is 6.26 Å². The Morgan fingerprint density at radius 2 is 2.12 bits per heavy atom. The SMILES string of the molecule is CSc1nc(N)c2ncn([C@@H]3O[C@H](COP(=O)(O)O)C(O)C3O)c2n1. The average molecular weight is 393 g/mol. The van der Waals surface area contributed by atoms with Crippen LogP contribution in [0.4, 0.5) is 5.82 Å². The average Bonchev–Trinajstić information content (AvgIpc) is 3.08. The predicted octanol–water partition coefficient (Wildman–Crippen LogP) is -1.14. The van der Waals surface area contributed by atoms with Crippen molar-refractivity contribution in [3.8, 4) is 0 Å². The van der Waals surface area contributed by atoms with Crippen molar-refractivity contribution in [2.45, 2.75) is 29.7 Å². The number of anilines is 1. The number of aliphatic hydroxyl groups excluding tert-OH is 2. The second-order valence-corrected chi connectivity index (χ2v) is 7.26. The summed E-state index contributed by atoms with van der Waals surface area (Å²) in [5.74, 6) is 0.155. The van der Waals surface area contributed by atoms with Crippen LogP contribution >= 0.6 is 19.6 Å². The third-order valence-electron chi connectivity index (χ3n) is 3.63. The molecule has 1 aliphatic heterocycles. The molecule has 0 amide bonds. The van der Waals surface area contributed by atoms with E-state index in [1.807, 2.05) is 0 Å². The van der Waals surface area contributed by atoms with Gasteiger partial charge in [0.25, 0.3) is 0 Å². The van der Waals surface area contributed by atoms with E-state index in [-0.39, 0.29) is 5.82 Å². The zero-order valence-electron chi connectivity index (χ0n) is 12.8. The van der Waals surface area contributed by atoms with E-state index >= 15 is 0 Å². The molecule has 4 atom stereocenters. The maximum absolute atomic E-state index is 10.8. The molecule has 138 valence electrons. The number of imidazole rings is 1. The summed E-state index contributed by atoms with van der Waals surface area (Å²) in [5.41, 5.74) is 6.43. The number of nitrogens with zero attached hydrogens (tertiary/aromatic N) is 4. The van der Waals surface area contributed by atoms with Crippen LogP contribution in [0.3, 0.4) is 0 Å². The predicted molar refractivity (Wildman–Crippen MR) is 85.4 cm³/mol. The van der Waals surface area contributed by atoms with Gasteiger partial charge in [-0.05, 0) is 6.26 Å². The first-order chi connectivity index (χ1) is 11.7. The van der Waals surface area contributed by atoms with E-state index in [1.165, 1.54) is 22.7 Å². The summed E-state index contributed by atoms with van der Waals surface area (Å²) in [6, 6.07) is 0. The lowest BCUT2D eigenvalue weighted by molar-refractivity contribution is -0.0504. The quantitative estimate of drug-likeness (QED) is 0.234. The molecule has 6 N–H and O–H groups in total. The van der Waals surface area contributed by atoms with E-state index in [2.05, 4.69) is 19.5 Å². The highest BCUT2D eigenvalue weighted by Crippen LogP contribution is 2.39. The summed E-state index contributed by atoms with van der Waals surface area (Å²) in [7, 11) is -4.73. The Morgan fingerprint density at radius 1 is 1.40 bits per heavy atom. The van der Waals surface area contributed by atoms with Gasteiger partial charge in [0.15, 0.2) is 22.8 Å². The highest BCUT2D eigenvalue weighted by Gasteiger charge is 2.45. The Kier molecular flexibility index (Phi) is 5.01. The van der Waals surface area contributed by atoms with Gasteiger partial charge in [-0.25, -0.2) is 19.5 Å². The standard InChI is InChI=1S/C11H16N5O7PS/c1-25-11-14-8(12)5-9(15-11)16(3-13-5)10-7(18)6(17)4(23-10)2-22-24(19,20)21/h3-4,6-7,10,17-18H,2H2,1H3,(H2,12,14,15)(H2,19,20,21)/t4-,6?,7?,10-/m1/s1. The Morgan fingerprint density at radius 3 is 2.76 bits per heavy atom. The van der Waals surface area contributed by atoms with Gasteiger partial charge in [-0.15, -0.1) is 0 Å². The van der Waals surface area contributed by atoms with Crippen LogP contribution in [-0.4, -0.2) is 70.7 Å². The van der Waals surface area contributed by atoms with Crippen molar-refractivity contribution in [2.75, 3.05) is 18.6 Å². The maximum atomic E-state index is 10.8. The minimum atomic E-state index is -4.73. The fourth-order valence-electron chi connectivity index (χ4n) is 2.46. The minimum absolute atomic E-state index is 0.155. The maximum Gasteiger partial charge on any atom is 0.469 e. The van der Waals surface area contributed by atoms with Gasteiger partial charge >= 0.3 is 7.82 Å².